The summed E-state index contributed by atoms with van der Waals surface area (Å²) in [5.74, 6) is 3.28. The molecule has 4 atom stereocenters. The van der Waals surface area contributed by atoms with E-state index in [1.165, 1.54) is 115 Å². The summed E-state index contributed by atoms with van der Waals surface area (Å²) in [6.45, 7) is 16.5. The molecule has 4 rings (SSSR count). The summed E-state index contributed by atoms with van der Waals surface area (Å²) in [6, 6.07) is 0.981. The number of nitrogens with two attached hydrogens (primary N) is 1. The van der Waals surface area contributed by atoms with Gasteiger partial charge in [0.25, 0.3) is 0 Å². The smallest absolute Gasteiger partial charge is 0.194 e. The molecule has 6 heteroatoms. The van der Waals surface area contributed by atoms with Gasteiger partial charge in [-0.15, -0.1) is 0 Å². The number of guanidine groups is 2. The third kappa shape index (κ3) is 9.14. The van der Waals surface area contributed by atoms with Gasteiger partial charge in [-0.1, -0.05) is 97.1 Å². The highest BCUT2D eigenvalue weighted by Gasteiger charge is 2.37. The van der Waals surface area contributed by atoms with E-state index in [1.54, 1.807) is 0 Å². The SMILES string of the molecule is C=C1CC(C)CC(CC)(CCN2C(N)=NC[C@@H]2CCCCN2C[C@H](CCCC)N(CCCCC3CCCCC3)C2=N)C1. The fourth-order valence-electron chi connectivity index (χ4n) is 8.93. The van der Waals surface area contributed by atoms with Crippen LogP contribution in [-0.2, 0) is 0 Å². The van der Waals surface area contributed by atoms with Crippen molar-refractivity contribution >= 4 is 11.9 Å². The van der Waals surface area contributed by atoms with Gasteiger partial charge in [-0.05, 0) is 75.0 Å². The van der Waals surface area contributed by atoms with Gasteiger partial charge < -0.3 is 20.4 Å². The standard InChI is InChI=1S/C36H66N6/c1-5-7-18-33-28-40(35(38)42(33)22-14-11-17-31-15-9-8-10-16-31)21-13-12-19-32-27-39-34(37)41(32)23-20-36(6-2)25-29(3)24-30(4)26-36/h30-33,38H,3,5-28H2,1-2,4H3,(H2,37,39)/t30?,32-,33-,36?/m0/s1. The molecule has 3 N–H and O–H groups in total. The van der Waals surface area contributed by atoms with Crippen LogP contribution in [0.3, 0.4) is 0 Å². The lowest BCUT2D eigenvalue weighted by Gasteiger charge is -2.42. The van der Waals surface area contributed by atoms with Crippen LogP contribution in [0.2, 0.25) is 0 Å². The number of unbranched alkanes of at least 4 members (excludes halogenated alkanes) is 3. The molecule has 0 spiro atoms. The van der Waals surface area contributed by atoms with Crippen molar-refractivity contribution in [2.24, 2.45) is 28.0 Å². The summed E-state index contributed by atoms with van der Waals surface area (Å²) >= 11 is 0. The van der Waals surface area contributed by atoms with Crippen molar-refractivity contribution in [3.63, 3.8) is 0 Å². The third-order valence-corrected chi connectivity index (χ3v) is 11.4. The Labute approximate surface area is 259 Å². The van der Waals surface area contributed by atoms with Gasteiger partial charge in [0.05, 0.1) is 12.6 Å². The minimum absolute atomic E-state index is 0.383. The first-order valence-corrected chi connectivity index (χ1v) is 18.2. The summed E-state index contributed by atoms with van der Waals surface area (Å²) in [7, 11) is 0. The largest absolute Gasteiger partial charge is 0.370 e. The highest BCUT2D eigenvalue weighted by molar-refractivity contribution is 5.80. The Bertz CT molecular complexity index is 878. The Morgan fingerprint density at radius 2 is 1.67 bits per heavy atom. The van der Waals surface area contributed by atoms with Crippen LogP contribution < -0.4 is 5.73 Å². The van der Waals surface area contributed by atoms with E-state index < -0.39 is 0 Å². The Hall–Kier alpha value is -1.72. The highest BCUT2D eigenvalue weighted by atomic mass is 15.4. The topological polar surface area (TPSA) is 72.0 Å². The number of hydrogen-bond acceptors (Lipinski definition) is 4. The molecule has 0 amide bonds. The zero-order valence-electron chi connectivity index (χ0n) is 27.9. The molecule has 2 aliphatic heterocycles. The lowest BCUT2D eigenvalue weighted by atomic mass is 9.65. The van der Waals surface area contributed by atoms with E-state index >= 15 is 0 Å². The average Bonchev–Trinajstić information content (AvgIpc) is 3.48. The number of allylic oxidation sites excluding steroid dienone is 1. The van der Waals surface area contributed by atoms with Gasteiger partial charge in [-0.25, -0.2) is 0 Å². The Balaban J connectivity index is 1.19. The van der Waals surface area contributed by atoms with Gasteiger partial charge in [-0.2, -0.15) is 0 Å². The predicted octanol–water partition coefficient (Wildman–Crippen LogP) is 8.18. The van der Waals surface area contributed by atoms with Crippen LogP contribution in [-0.4, -0.2) is 71.4 Å². The van der Waals surface area contributed by atoms with Gasteiger partial charge in [0, 0.05) is 32.2 Å². The van der Waals surface area contributed by atoms with Crippen LogP contribution in [0, 0.1) is 22.7 Å². The maximum absolute atomic E-state index is 9.04. The van der Waals surface area contributed by atoms with E-state index in [2.05, 4.69) is 47.0 Å². The van der Waals surface area contributed by atoms with Gasteiger partial charge in [-0.3, -0.25) is 10.4 Å². The quantitative estimate of drug-likeness (QED) is 0.134. The zero-order valence-corrected chi connectivity index (χ0v) is 27.9. The normalized spacial score (nSPS) is 29.2. The van der Waals surface area contributed by atoms with Crippen LogP contribution in [0.1, 0.15) is 143 Å². The first kappa shape index (κ1) is 33.2. The number of aliphatic imine (C=N–C) groups is 1. The summed E-state index contributed by atoms with van der Waals surface area (Å²) in [5.41, 5.74) is 8.25. The minimum Gasteiger partial charge on any atom is -0.370 e. The molecule has 2 heterocycles. The lowest BCUT2D eigenvalue weighted by Crippen LogP contribution is -2.43. The summed E-state index contributed by atoms with van der Waals surface area (Å²) in [6.07, 6.45) is 24.6. The van der Waals surface area contributed by atoms with Crippen molar-refractivity contribution in [2.45, 2.75) is 155 Å². The van der Waals surface area contributed by atoms with Gasteiger partial charge in [0.2, 0.25) is 0 Å². The molecular formula is C36H66N6. The molecule has 4 aliphatic rings. The van der Waals surface area contributed by atoms with E-state index in [-0.39, 0.29) is 0 Å². The van der Waals surface area contributed by atoms with E-state index in [4.69, 9.17) is 11.1 Å². The second kappa shape index (κ2) is 16.4. The molecule has 6 nitrogen and oxygen atoms in total. The Kier molecular flexibility index (Phi) is 12.9. The van der Waals surface area contributed by atoms with Gasteiger partial charge in [0.1, 0.15) is 0 Å². The van der Waals surface area contributed by atoms with E-state index in [1.807, 2.05) is 0 Å². The van der Waals surface area contributed by atoms with Crippen LogP contribution in [0.25, 0.3) is 0 Å². The molecule has 0 aromatic rings. The summed E-state index contributed by atoms with van der Waals surface area (Å²) < 4.78 is 0. The molecule has 0 bridgehead atoms. The van der Waals surface area contributed by atoms with Crippen molar-refractivity contribution in [3.05, 3.63) is 12.2 Å². The van der Waals surface area contributed by atoms with E-state index in [0.29, 0.717) is 17.5 Å². The number of nitrogens with one attached hydrogen (secondary N) is 1. The second-order valence-corrected chi connectivity index (χ2v) is 14.8. The molecule has 2 saturated carbocycles. The fourth-order valence-corrected chi connectivity index (χ4v) is 8.93. The molecule has 0 aromatic carbocycles. The first-order chi connectivity index (χ1) is 20.3. The van der Waals surface area contributed by atoms with Crippen molar-refractivity contribution in [1.29, 1.82) is 5.41 Å². The number of nitrogens with zero attached hydrogens (tertiary/aromatic N) is 4. The first-order valence-electron chi connectivity index (χ1n) is 18.2. The molecule has 2 unspecified atom stereocenters. The van der Waals surface area contributed by atoms with Crippen LogP contribution in [0.5, 0.6) is 0 Å². The zero-order chi connectivity index (χ0) is 30.0. The summed E-state index contributed by atoms with van der Waals surface area (Å²) in [4.78, 5) is 12.0. The van der Waals surface area contributed by atoms with Crippen LogP contribution >= 0.6 is 0 Å². The summed E-state index contributed by atoms with van der Waals surface area (Å²) in [5, 5.41) is 9.04. The monoisotopic (exact) mass is 583 g/mol. The van der Waals surface area contributed by atoms with Crippen molar-refractivity contribution in [3.8, 4) is 0 Å². The van der Waals surface area contributed by atoms with Crippen molar-refractivity contribution < 1.29 is 0 Å². The average molecular weight is 583 g/mol. The van der Waals surface area contributed by atoms with Crippen LogP contribution in [0.4, 0.5) is 0 Å². The number of rotatable bonds is 17. The molecule has 0 aromatic heterocycles. The molecule has 0 radical (unpaired) electrons. The fraction of sp³-hybridized carbons (Fsp3) is 0.889. The van der Waals surface area contributed by atoms with Gasteiger partial charge in [0.15, 0.2) is 11.9 Å². The molecule has 2 aliphatic carbocycles. The van der Waals surface area contributed by atoms with E-state index in [0.717, 1.165) is 69.3 Å². The predicted molar refractivity (Wildman–Crippen MR) is 180 cm³/mol. The Morgan fingerprint density at radius 1 is 0.929 bits per heavy atom. The maximum atomic E-state index is 9.04. The van der Waals surface area contributed by atoms with E-state index in [9.17, 15) is 0 Å². The van der Waals surface area contributed by atoms with Crippen molar-refractivity contribution in [1.82, 2.24) is 14.7 Å². The minimum atomic E-state index is 0.383. The second-order valence-electron chi connectivity index (χ2n) is 14.8. The van der Waals surface area contributed by atoms with Crippen molar-refractivity contribution in [2.75, 3.05) is 32.7 Å². The molecule has 240 valence electrons. The molecule has 3 fully saturated rings. The Morgan fingerprint density at radius 3 is 2.40 bits per heavy atom. The molecule has 42 heavy (non-hydrogen) atoms. The molecule has 1 saturated heterocycles. The third-order valence-electron chi connectivity index (χ3n) is 11.4. The van der Waals surface area contributed by atoms with Gasteiger partial charge >= 0.3 is 0 Å². The lowest BCUT2D eigenvalue weighted by molar-refractivity contribution is 0.141. The maximum Gasteiger partial charge on any atom is 0.194 e. The van der Waals surface area contributed by atoms with Crippen LogP contribution in [0.15, 0.2) is 17.1 Å². The highest BCUT2D eigenvalue weighted by Crippen LogP contribution is 2.46. The molecular weight excluding hydrogens is 516 g/mol. The number of hydrogen-bond donors (Lipinski definition) is 2.